The molecule has 1 nitrogen and oxygen atoms in total. The molecule has 1 aromatic carbocycles. The molecule has 0 saturated carbocycles. The molecule has 2 heteroatoms. The van der Waals surface area contributed by atoms with Crippen molar-refractivity contribution < 1.29 is 0 Å². The average molecular weight is 202 g/mol. The first kappa shape index (κ1) is 9.41. The largest absolute Gasteiger partial charge is 0.241 e. The van der Waals surface area contributed by atoms with Crippen molar-refractivity contribution >= 4 is 11.3 Å². The van der Waals surface area contributed by atoms with E-state index >= 15 is 0 Å². The summed E-state index contributed by atoms with van der Waals surface area (Å²) in [4.78, 5) is 4.53. The SMILES string of the molecule is [CH2]c1ccc(-c2csc(CC)n2)cc1. The minimum atomic E-state index is 1.01. The summed E-state index contributed by atoms with van der Waals surface area (Å²) in [5, 5.41) is 3.30. The molecular weight excluding hydrogens is 190 g/mol. The Balaban J connectivity index is 2.34. The lowest BCUT2D eigenvalue weighted by Crippen LogP contribution is -1.80. The predicted octanol–water partition coefficient (Wildman–Crippen LogP) is 3.55. The van der Waals surface area contributed by atoms with Gasteiger partial charge in [-0.1, -0.05) is 31.2 Å². The molecule has 0 aliphatic rings. The van der Waals surface area contributed by atoms with Gasteiger partial charge in [-0.25, -0.2) is 4.98 Å². The first-order chi connectivity index (χ1) is 6.79. The van der Waals surface area contributed by atoms with Crippen LogP contribution in [0.25, 0.3) is 11.3 Å². The van der Waals surface area contributed by atoms with Crippen LogP contribution in [0.15, 0.2) is 29.6 Å². The van der Waals surface area contributed by atoms with Crippen molar-refractivity contribution in [3.8, 4) is 11.3 Å². The van der Waals surface area contributed by atoms with Crippen molar-refractivity contribution in [1.82, 2.24) is 4.98 Å². The number of rotatable bonds is 2. The van der Waals surface area contributed by atoms with Crippen molar-refractivity contribution in [2.24, 2.45) is 0 Å². The molecule has 0 spiro atoms. The predicted molar refractivity (Wildman–Crippen MR) is 61.4 cm³/mol. The van der Waals surface area contributed by atoms with E-state index < -0.39 is 0 Å². The molecule has 0 fully saturated rings. The molecule has 1 heterocycles. The lowest BCUT2D eigenvalue weighted by molar-refractivity contribution is 1.10. The Morgan fingerprint density at radius 1 is 1.29 bits per heavy atom. The molecule has 0 aliphatic heterocycles. The first-order valence-electron chi connectivity index (χ1n) is 4.66. The van der Waals surface area contributed by atoms with Crippen LogP contribution in [-0.4, -0.2) is 4.98 Å². The molecule has 0 N–H and O–H groups in total. The quantitative estimate of drug-likeness (QED) is 0.725. The van der Waals surface area contributed by atoms with Crippen LogP contribution in [0.5, 0.6) is 0 Å². The number of aromatic nitrogens is 1. The van der Waals surface area contributed by atoms with Crippen LogP contribution in [0.2, 0.25) is 0 Å². The fourth-order valence-electron chi connectivity index (χ4n) is 1.28. The summed E-state index contributed by atoms with van der Waals surface area (Å²) in [7, 11) is 0. The summed E-state index contributed by atoms with van der Waals surface area (Å²) in [6, 6.07) is 8.16. The van der Waals surface area contributed by atoms with Crippen LogP contribution >= 0.6 is 11.3 Å². The Kier molecular flexibility index (Phi) is 2.64. The Morgan fingerprint density at radius 3 is 2.57 bits per heavy atom. The Hall–Kier alpha value is -1.15. The third kappa shape index (κ3) is 1.85. The summed E-state index contributed by atoms with van der Waals surface area (Å²) in [5.74, 6) is 0. The fourth-order valence-corrected chi connectivity index (χ4v) is 2.04. The number of thiazole rings is 1. The zero-order chi connectivity index (χ0) is 9.97. The molecule has 1 radical (unpaired) electrons. The van der Waals surface area contributed by atoms with Crippen molar-refractivity contribution in [2.75, 3.05) is 0 Å². The van der Waals surface area contributed by atoms with Crippen LogP contribution in [0.4, 0.5) is 0 Å². The van der Waals surface area contributed by atoms with Gasteiger partial charge in [0.2, 0.25) is 0 Å². The topological polar surface area (TPSA) is 12.9 Å². The van der Waals surface area contributed by atoms with E-state index in [0.29, 0.717) is 0 Å². The normalized spacial score (nSPS) is 10.4. The minimum Gasteiger partial charge on any atom is -0.241 e. The van der Waals surface area contributed by atoms with Gasteiger partial charge in [0.1, 0.15) is 0 Å². The van der Waals surface area contributed by atoms with Gasteiger partial charge in [-0.2, -0.15) is 0 Å². The summed E-state index contributed by atoms with van der Waals surface area (Å²) >= 11 is 1.72. The highest BCUT2D eigenvalue weighted by Crippen LogP contribution is 2.22. The van der Waals surface area contributed by atoms with Crippen molar-refractivity contribution in [1.29, 1.82) is 0 Å². The third-order valence-electron chi connectivity index (χ3n) is 2.10. The molecule has 0 unspecified atom stereocenters. The van der Waals surface area contributed by atoms with E-state index in [9.17, 15) is 0 Å². The maximum atomic E-state index is 4.53. The van der Waals surface area contributed by atoms with Crippen LogP contribution < -0.4 is 0 Å². The molecule has 71 valence electrons. The van der Waals surface area contributed by atoms with E-state index in [4.69, 9.17) is 0 Å². The monoisotopic (exact) mass is 202 g/mol. The second kappa shape index (κ2) is 3.93. The minimum absolute atomic E-state index is 1.01. The van der Waals surface area contributed by atoms with Crippen LogP contribution in [0.3, 0.4) is 0 Å². The summed E-state index contributed by atoms with van der Waals surface area (Å²) in [6.07, 6.45) is 1.01. The van der Waals surface area contributed by atoms with E-state index in [2.05, 4.69) is 36.3 Å². The third-order valence-corrected chi connectivity index (χ3v) is 3.10. The maximum absolute atomic E-state index is 4.53. The molecule has 2 rings (SSSR count). The van der Waals surface area contributed by atoms with Gasteiger partial charge in [-0.3, -0.25) is 0 Å². The van der Waals surface area contributed by atoms with Gasteiger partial charge in [-0.05, 0) is 18.9 Å². The lowest BCUT2D eigenvalue weighted by atomic mass is 10.1. The molecule has 14 heavy (non-hydrogen) atoms. The molecule has 0 amide bonds. The van der Waals surface area contributed by atoms with Gasteiger partial charge in [-0.15, -0.1) is 11.3 Å². The summed E-state index contributed by atoms with van der Waals surface area (Å²) in [6.45, 7) is 5.99. The molecule has 2 aromatic rings. The Morgan fingerprint density at radius 2 is 2.00 bits per heavy atom. The maximum Gasteiger partial charge on any atom is 0.0929 e. The number of hydrogen-bond donors (Lipinski definition) is 0. The lowest BCUT2D eigenvalue weighted by Gasteiger charge is -1.96. The van der Waals surface area contributed by atoms with Gasteiger partial charge in [0.25, 0.3) is 0 Å². The number of aryl methyl sites for hydroxylation is 1. The number of nitrogens with zero attached hydrogens (tertiary/aromatic N) is 1. The molecular formula is C12H12NS. The van der Waals surface area contributed by atoms with Gasteiger partial charge in [0.05, 0.1) is 10.7 Å². The van der Waals surface area contributed by atoms with Gasteiger partial charge >= 0.3 is 0 Å². The van der Waals surface area contributed by atoms with E-state index in [1.165, 1.54) is 10.6 Å². The average Bonchev–Trinajstić information content (AvgIpc) is 2.67. The number of benzene rings is 1. The standard InChI is InChI=1S/C12H12NS/c1-3-12-13-11(8-14-12)10-6-4-9(2)5-7-10/h4-8H,2-3H2,1H3. The highest BCUT2D eigenvalue weighted by molar-refractivity contribution is 7.09. The number of hydrogen-bond acceptors (Lipinski definition) is 2. The van der Waals surface area contributed by atoms with Gasteiger partial charge in [0.15, 0.2) is 0 Å². The van der Waals surface area contributed by atoms with Crippen molar-refractivity contribution in [3.63, 3.8) is 0 Å². The van der Waals surface area contributed by atoms with Crippen molar-refractivity contribution in [2.45, 2.75) is 13.3 Å². The first-order valence-corrected chi connectivity index (χ1v) is 5.54. The van der Waals surface area contributed by atoms with E-state index in [1.54, 1.807) is 11.3 Å². The van der Waals surface area contributed by atoms with Crippen LogP contribution in [-0.2, 0) is 6.42 Å². The Bertz CT molecular complexity index is 414. The van der Waals surface area contributed by atoms with Crippen molar-refractivity contribution in [3.05, 3.63) is 47.1 Å². The highest BCUT2D eigenvalue weighted by atomic mass is 32.1. The molecule has 0 bridgehead atoms. The molecule has 1 aromatic heterocycles. The summed E-state index contributed by atoms with van der Waals surface area (Å²) < 4.78 is 0. The van der Waals surface area contributed by atoms with Crippen LogP contribution in [0, 0.1) is 6.92 Å². The molecule has 0 atom stereocenters. The van der Waals surface area contributed by atoms with Gasteiger partial charge < -0.3 is 0 Å². The van der Waals surface area contributed by atoms with E-state index in [0.717, 1.165) is 17.7 Å². The zero-order valence-corrected chi connectivity index (χ0v) is 8.97. The highest BCUT2D eigenvalue weighted by Gasteiger charge is 2.02. The molecule has 0 aliphatic carbocycles. The van der Waals surface area contributed by atoms with Crippen LogP contribution in [0.1, 0.15) is 17.5 Å². The van der Waals surface area contributed by atoms with E-state index in [-0.39, 0.29) is 0 Å². The summed E-state index contributed by atoms with van der Waals surface area (Å²) in [5.41, 5.74) is 3.29. The molecule has 0 saturated heterocycles. The zero-order valence-electron chi connectivity index (χ0n) is 8.16. The fraction of sp³-hybridized carbons (Fsp3) is 0.167. The Labute approximate surface area is 88.4 Å². The second-order valence-electron chi connectivity index (χ2n) is 3.18. The second-order valence-corrected chi connectivity index (χ2v) is 4.12. The smallest absolute Gasteiger partial charge is 0.0929 e. The van der Waals surface area contributed by atoms with Gasteiger partial charge in [0, 0.05) is 10.9 Å². The van der Waals surface area contributed by atoms with E-state index in [1.807, 2.05) is 12.1 Å².